The first-order chi connectivity index (χ1) is 7.43. The van der Waals surface area contributed by atoms with Crippen LogP contribution in [-0.4, -0.2) is 18.4 Å². The first-order valence-electron chi connectivity index (χ1n) is 5.91. The van der Waals surface area contributed by atoms with E-state index in [0.717, 1.165) is 18.6 Å². The SMILES string of the molecule is CCOC(=O)N/N=C1/C[C@@H](C)CC(C)(C)C1. The van der Waals surface area contributed by atoms with E-state index in [-0.39, 0.29) is 5.41 Å². The van der Waals surface area contributed by atoms with E-state index < -0.39 is 6.09 Å². The summed E-state index contributed by atoms with van der Waals surface area (Å²) in [5.41, 5.74) is 3.79. The van der Waals surface area contributed by atoms with Gasteiger partial charge in [0.15, 0.2) is 0 Å². The molecule has 0 aromatic carbocycles. The number of hydrogen-bond donors (Lipinski definition) is 1. The second kappa shape index (κ2) is 5.32. The summed E-state index contributed by atoms with van der Waals surface area (Å²) in [6.07, 6.45) is 2.66. The molecule has 0 aromatic rings. The summed E-state index contributed by atoms with van der Waals surface area (Å²) >= 11 is 0. The third kappa shape index (κ3) is 4.21. The summed E-state index contributed by atoms with van der Waals surface area (Å²) in [6, 6.07) is 0. The number of carbonyl (C=O) groups excluding carboxylic acids is 1. The molecule has 92 valence electrons. The maximum atomic E-state index is 11.1. The van der Waals surface area contributed by atoms with E-state index >= 15 is 0 Å². The molecule has 1 rings (SSSR count). The van der Waals surface area contributed by atoms with Crippen LogP contribution in [0.5, 0.6) is 0 Å². The van der Waals surface area contributed by atoms with Crippen LogP contribution in [0.1, 0.15) is 47.0 Å². The third-order valence-corrected chi connectivity index (χ3v) is 2.75. The van der Waals surface area contributed by atoms with E-state index in [2.05, 4.69) is 31.3 Å². The van der Waals surface area contributed by atoms with Crippen molar-refractivity contribution in [1.82, 2.24) is 5.43 Å². The van der Waals surface area contributed by atoms with Crippen LogP contribution >= 0.6 is 0 Å². The Hall–Kier alpha value is -1.06. The Morgan fingerprint density at radius 3 is 2.88 bits per heavy atom. The minimum Gasteiger partial charge on any atom is -0.449 e. The lowest BCUT2D eigenvalue weighted by atomic mass is 9.72. The molecule has 0 unspecified atom stereocenters. The molecule has 1 aliphatic rings. The lowest BCUT2D eigenvalue weighted by Gasteiger charge is -2.34. The summed E-state index contributed by atoms with van der Waals surface area (Å²) < 4.78 is 4.75. The smallest absolute Gasteiger partial charge is 0.427 e. The molecule has 1 N–H and O–H groups in total. The average Bonchev–Trinajstić information content (AvgIpc) is 2.12. The van der Waals surface area contributed by atoms with Crippen molar-refractivity contribution in [3.8, 4) is 0 Å². The number of amides is 1. The van der Waals surface area contributed by atoms with E-state index in [1.807, 2.05) is 0 Å². The Morgan fingerprint density at radius 1 is 1.62 bits per heavy atom. The van der Waals surface area contributed by atoms with Gasteiger partial charge >= 0.3 is 6.09 Å². The summed E-state index contributed by atoms with van der Waals surface area (Å²) in [6.45, 7) is 8.85. The van der Waals surface area contributed by atoms with Gasteiger partial charge in [0.1, 0.15) is 0 Å². The zero-order valence-corrected chi connectivity index (χ0v) is 10.7. The molecule has 1 saturated carbocycles. The normalized spacial score (nSPS) is 26.5. The van der Waals surface area contributed by atoms with E-state index in [9.17, 15) is 4.79 Å². The molecule has 1 atom stereocenters. The molecular formula is C12H22N2O2. The van der Waals surface area contributed by atoms with Gasteiger partial charge in [0, 0.05) is 5.71 Å². The Bertz CT molecular complexity index is 285. The van der Waals surface area contributed by atoms with Crippen molar-refractivity contribution < 1.29 is 9.53 Å². The average molecular weight is 226 g/mol. The molecule has 16 heavy (non-hydrogen) atoms. The van der Waals surface area contributed by atoms with E-state index in [4.69, 9.17) is 4.74 Å². The lowest BCUT2D eigenvalue weighted by molar-refractivity contribution is 0.152. The molecule has 1 amide bonds. The van der Waals surface area contributed by atoms with Gasteiger partial charge < -0.3 is 4.74 Å². The molecule has 1 fully saturated rings. The Balaban J connectivity index is 2.52. The zero-order valence-electron chi connectivity index (χ0n) is 10.7. The molecule has 0 spiro atoms. The van der Waals surface area contributed by atoms with Gasteiger partial charge in [-0.25, -0.2) is 10.2 Å². The zero-order chi connectivity index (χ0) is 12.2. The topological polar surface area (TPSA) is 50.7 Å². The first kappa shape index (κ1) is 13.0. The molecule has 4 heteroatoms. The van der Waals surface area contributed by atoms with Gasteiger partial charge in [-0.15, -0.1) is 0 Å². The number of carbonyl (C=O) groups is 1. The molecule has 1 aliphatic carbocycles. The highest BCUT2D eigenvalue weighted by Gasteiger charge is 2.29. The number of ether oxygens (including phenoxy) is 1. The van der Waals surface area contributed by atoms with Crippen molar-refractivity contribution in [1.29, 1.82) is 0 Å². The fraction of sp³-hybridized carbons (Fsp3) is 0.833. The summed E-state index contributed by atoms with van der Waals surface area (Å²) in [4.78, 5) is 11.1. The van der Waals surface area contributed by atoms with Crippen LogP contribution in [0.2, 0.25) is 0 Å². The molecule has 0 radical (unpaired) electrons. The Labute approximate surface area is 97.4 Å². The Kier molecular flexibility index (Phi) is 4.33. The second-order valence-corrected chi connectivity index (χ2v) is 5.36. The van der Waals surface area contributed by atoms with Crippen molar-refractivity contribution in [2.24, 2.45) is 16.4 Å². The molecule has 0 bridgehead atoms. The molecular weight excluding hydrogens is 204 g/mol. The highest BCUT2D eigenvalue weighted by atomic mass is 16.5. The van der Waals surface area contributed by atoms with Crippen LogP contribution in [0.25, 0.3) is 0 Å². The standard InChI is InChI=1S/C12H22N2O2/c1-5-16-11(15)14-13-10-6-9(2)7-12(3,4)8-10/h9H,5-8H2,1-4H3,(H,14,15)/b13-10-/t9-/m1/s1. The monoisotopic (exact) mass is 226 g/mol. The molecule has 0 aliphatic heterocycles. The predicted molar refractivity (Wildman–Crippen MR) is 64.4 cm³/mol. The van der Waals surface area contributed by atoms with Crippen molar-refractivity contribution in [3.05, 3.63) is 0 Å². The summed E-state index contributed by atoms with van der Waals surface area (Å²) in [5, 5.41) is 4.14. The van der Waals surface area contributed by atoms with Crippen molar-refractivity contribution in [2.45, 2.75) is 47.0 Å². The Morgan fingerprint density at radius 2 is 2.31 bits per heavy atom. The van der Waals surface area contributed by atoms with Crippen molar-refractivity contribution in [2.75, 3.05) is 6.61 Å². The van der Waals surface area contributed by atoms with Crippen LogP contribution in [0.15, 0.2) is 5.10 Å². The van der Waals surface area contributed by atoms with Crippen LogP contribution in [0.4, 0.5) is 4.79 Å². The number of nitrogens with one attached hydrogen (secondary N) is 1. The van der Waals surface area contributed by atoms with Gasteiger partial charge in [-0.1, -0.05) is 20.8 Å². The lowest BCUT2D eigenvalue weighted by Crippen LogP contribution is -2.30. The largest absolute Gasteiger partial charge is 0.449 e. The minimum absolute atomic E-state index is 0.285. The maximum absolute atomic E-state index is 11.1. The van der Waals surface area contributed by atoms with Crippen LogP contribution in [0, 0.1) is 11.3 Å². The highest BCUT2D eigenvalue weighted by molar-refractivity contribution is 5.86. The number of hydrogen-bond acceptors (Lipinski definition) is 3. The van der Waals surface area contributed by atoms with E-state index in [1.165, 1.54) is 6.42 Å². The third-order valence-electron chi connectivity index (χ3n) is 2.75. The predicted octanol–water partition coefficient (Wildman–Crippen LogP) is 2.93. The fourth-order valence-electron chi connectivity index (χ4n) is 2.49. The highest BCUT2D eigenvalue weighted by Crippen LogP contribution is 2.36. The molecule has 0 saturated heterocycles. The molecule has 4 nitrogen and oxygen atoms in total. The summed E-state index contributed by atoms with van der Waals surface area (Å²) in [5.74, 6) is 0.631. The quantitative estimate of drug-likeness (QED) is 0.736. The van der Waals surface area contributed by atoms with Gasteiger partial charge in [0.25, 0.3) is 0 Å². The van der Waals surface area contributed by atoms with E-state index in [0.29, 0.717) is 12.5 Å². The second-order valence-electron chi connectivity index (χ2n) is 5.36. The molecule has 0 heterocycles. The first-order valence-corrected chi connectivity index (χ1v) is 5.91. The summed E-state index contributed by atoms with van der Waals surface area (Å²) in [7, 11) is 0. The number of nitrogens with zero attached hydrogens (tertiary/aromatic N) is 1. The van der Waals surface area contributed by atoms with Gasteiger partial charge in [-0.3, -0.25) is 0 Å². The fourth-order valence-corrected chi connectivity index (χ4v) is 2.49. The van der Waals surface area contributed by atoms with E-state index in [1.54, 1.807) is 6.92 Å². The van der Waals surface area contributed by atoms with Crippen LogP contribution in [0.3, 0.4) is 0 Å². The van der Waals surface area contributed by atoms with Gasteiger partial charge in [0.2, 0.25) is 0 Å². The van der Waals surface area contributed by atoms with Crippen LogP contribution < -0.4 is 5.43 Å². The number of hydrazone groups is 1. The number of rotatable bonds is 2. The van der Waals surface area contributed by atoms with Gasteiger partial charge in [0.05, 0.1) is 6.61 Å². The van der Waals surface area contributed by atoms with Crippen molar-refractivity contribution in [3.63, 3.8) is 0 Å². The minimum atomic E-state index is -0.467. The van der Waals surface area contributed by atoms with Gasteiger partial charge in [-0.05, 0) is 37.5 Å². The molecule has 0 aromatic heterocycles. The maximum Gasteiger partial charge on any atom is 0.427 e. The van der Waals surface area contributed by atoms with Crippen LogP contribution in [-0.2, 0) is 4.74 Å². The van der Waals surface area contributed by atoms with Crippen molar-refractivity contribution >= 4 is 11.8 Å². The van der Waals surface area contributed by atoms with Gasteiger partial charge in [-0.2, -0.15) is 5.10 Å².